The molecule has 1 unspecified atom stereocenters. The van der Waals surface area contributed by atoms with Crippen LogP contribution >= 0.6 is 0 Å². The molecule has 0 aromatic carbocycles. The molecule has 1 fully saturated rings. The number of hydrogen-bond acceptors (Lipinski definition) is 3. The Labute approximate surface area is 74.2 Å². The van der Waals surface area contributed by atoms with Crippen LogP contribution in [-0.4, -0.2) is 54.5 Å². The van der Waals surface area contributed by atoms with Crippen molar-refractivity contribution in [3.8, 4) is 0 Å². The average Bonchev–Trinajstić information content (AvgIpc) is 2.04. The maximum atomic E-state index is 2.46. The number of nitrogens with zero attached hydrogens (tertiary/aromatic N) is 3. The monoisotopic (exact) mass is 167 g/mol. The van der Waals surface area contributed by atoms with Gasteiger partial charge >= 0.3 is 0 Å². The highest BCUT2D eigenvalue weighted by Gasteiger charge is 2.29. The van der Waals surface area contributed by atoms with Crippen molar-refractivity contribution in [2.45, 2.75) is 13.0 Å². The van der Waals surface area contributed by atoms with Gasteiger partial charge in [0, 0.05) is 46.0 Å². The fourth-order valence-corrected chi connectivity index (χ4v) is 2.00. The molecule has 3 rings (SSSR count). The molecule has 12 heavy (non-hydrogen) atoms. The van der Waals surface area contributed by atoms with Gasteiger partial charge < -0.3 is 14.7 Å². The lowest BCUT2D eigenvalue weighted by atomic mass is 10.1. The van der Waals surface area contributed by atoms with Crippen LogP contribution in [0.15, 0.2) is 12.0 Å². The van der Waals surface area contributed by atoms with E-state index < -0.39 is 0 Å². The molecule has 0 spiro atoms. The summed E-state index contributed by atoms with van der Waals surface area (Å²) >= 11 is 0. The van der Waals surface area contributed by atoms with E-state index in [9.17, 15) is 0 Å². The minimum atomic E-state index is 0.697. The lowest BCUT2D eigenvalue weighted by Gasteiger charge is -2.48. The maximum Gasteiger partial charge on any atom is 0.120 e. The molecule has 0 amide bonds. The predicted octanol–water partition coefficient (Wildman–Crippen LogP) is 0.367. The van der Waals surface area contributed by atoms with Crippen molar-refractivity contribution < 1.29 is 0 Å². The van der Waals surface area contributed by atoms with Gasteiger partial charge in [-0.25, -0.2) is 0 Å². The summed E-state index contributed by atoms with van der Waals surface area (Å²) in [6.07, 6.45) is 2.28. The average molecular weight is 167 g/mol. The van der Waals surface area contributed by atoms with Gasteiger partial charge in [0.25, 0.3) is 0 Å². The summed E-state index contributed by atoms with van der Waals surface area (Å²) < 4.78 is 0. The van der Waals surface area contributed by atoms with Crippen LogP contribution in [-0.2, 0) is 0 Å². The Morgan fingerprint density at radius 3 is 2.58 bits per heavy atom. The third kappa shape index (κ3) is 1.04. The van der Waals surface area contributed by atoms with Crippen LogP contribution in [0, 0.1) is 0 Å². The third-order valence-corrected chi connectivity index (χ3v) is 2.74. The van der Waals surface area contributed by atoms with Crippen molar-refractivity contribution in [3.63, 3.8) is 0 Å². The molecule has 1 atom stereocenters. The molecule has 3 nitrogen and oxygen atoms in total. The number of hydrogen-bond donors (Lipinski definition) is 0. The van der Waals surface area contributed by atoms with Crippen LogP contribution < -0.4 is 0 Å². The Kier molecular flexibility index (Phi) is 1.67. The zero-order valence-corrected chi connectivity index (χ0v) is 8.12. The summed E-state index contributed by atoms with van der Waals surface area (Å²) in [5.41, 5.74) is 0. The van der Waals surface area contributed by atoms with Crippen molar-refractivity contribution in [3.05, 3.63) is 12.0 Å². The highest BCUT2D eigenvalue weighted by atomic mass is 15.4. The summed E-state index contributed by atoms with van der Waals surface area (Å²) in [7, 11) is 4.22. The Bertz CT molecular complexity index is 210. The largest absolute Gasteiger partial charge is 0.368 e. The van der Waals surface area contributed by atoms with Gasteiger partial charge in [0.1, 0.15) is 5.82 Å². The fraction of sp³-hybridized carbons (Fsp3) is 0.778. The standard InChI is InChI=1S/C9H17N3/c1-8-6-12-5-4-11(8)7-9(12)10(2)3/h7-8H,4-6H2,1-3H3. The predicted molar refractivity (Wildman–Crippen MR) is 49.5 cm³/mol. The van der Waals surface area contributed by atoms with Crippen LogP contribution in [0.1, 0.15) is 6.92 Å². The lowest BCUT2D eigenvalue weighted by molar-refractivity contribution is 0.0836. The van der Waals surface area contributed by atoms with E-state index >= 15 is 0 Å². The first-order valence-corrected chi connectivity index (χ1v) is 4.58. The van der Waals surface area contributed by atoms with Gasteiger partial charge in [-0.05, 0) is 6.92 Å². The summed E-state index contributed by atoms with van der Waals surface area (Å²) in [5.74, 6) is 1.36. The Hall–Kier alpha value is -0.860. The fourth-order valence-electron chi connectivity index (χ4n) is 2.00. The Balaban J connectivity index is 2.22. The second-order valence-corrected chi connectivity index (χ2v) is 3.91. The molecule has 1 saturated heterocycles. The molecule has 0 saturated carbocycles. The molecular formula is C9H17N3. The van der Waals surface area contributed by atoms with Crippen LogP contribution in [0.3, 0.4) is 0 Å². The summed E-state index contributed by atoms with van der Waals surface area (Å²) in [5, 5.41) is 0. The lowest BCUT2D eigenvalue weighted by Crippen LogP contribution is -2.55. The van der Waals surface area contributed by atoms with Gasteiger partial charge in [-0.15, -0.1) is 0 Å². The molecule has 0 aliphatic carbocycles. The van der Waals surface area contributed by atoms with E-state index in [-0.39, 0.29) is 0 Å². The van der Waals surface area contributed by atoms with Gasteiger partial charge in [0.05, 0.1) is 0 Å². The topological polar surface area (TPSA) is 9.72 Å². The van der Waals surface area contributed by atoms with E-state index in [1.165, 1.54) is 25.5 Å². The quantitative estimate of drug-likeness (QED) is 0.558. The Morgan fingerprint density at radius 2 is 2.17 bits per heavy atom. The number of piperazine rings is 1. The zero-order chi connectivity index (χ0) is 8.72. The number of rotatable bonds is 1. The van der Waals surface area contributed by atoms with Gasteiger partial charge in [-0.3, -0.25) is 0 Å². The normalized spacial score (nSPS) is 27.6. The van der Waals surface area contributed by atoms with Gasteiger partial charge in [-0.1, -0.05) is 0 Å². The second kappa shape index (κ2) is 2.57. The first-order valence-electron chi connectivity index (χ1n) is 4.58. The van der Waals surface area contributed by atoms with Crippen LogP contribution in [0.2, 0.25) is 0 Å². The van der Waals surface area contributed by atoms with Crippen molar-refractivity contribution in [2.75, 3.05) is 33.7 Å². The molecule has 0 aromatic heterocycles. The van der Waals surface area contributed by atoms with Crippen molar-refractivity contribution >= 4 is 0 Å². The summed E-state index contributed by atoms with van der Waals surface area (Å²) in [6, 6.07) is 0.697. The minimum absolute atomic E-state index is 0.697. The van der Waals surface area contributed by atoms with E-state index in [4.69, 9.17) is 0 Å². The maximum absolute atomic E-state index is 2.46. The van der Waals surface area contributed by atoms with Crippen molar-refractivity contribution in [2.24, 2.45) is 0 Å². The van der Waals surface area contributed by atoms with Crippen LogP contribution in [0.25, 0.3) is 0 Å². The number of fused-ring (bicyclic) bond motifs is 2. The van der Waals surface area contributed by atoms with E-state index in [0.717, 1.165) is 0 Å². The SMILES string of the molecule is CC1CN2CCN1C=C2N(C)C. The molecule has 3 heterocycles. The molecule has 0 radical (unpaired) electrons. The molecule has 3 aliphatic heterocycles. The van der Waals surface area contributed by atoms with Crippen molar-refractivity contribution in [1.82, 2.24) is 14.7 Å². The Morgan fingerprint density at radius 1 is 1.42 bits per heavy atom. The smallest absolute Gasteiger partial charge is 0.120 e. The molecule has 68 valence electrons. The minimum Gasteiger partial charge on any atom is -0.368 e. The van der Waals surface area contributed by atoms with Gasteiger partial charge in [0.15, 0.2) is 0 Å². The van der Waals surface area contributed by atoms with E-state index in [1.54, 1.807) is 0 Å². The first-order chi connectivity index (χ1) is 5.68. The summed E-state index contributed by atoms with van der Waals surface area (Å²) in [4.78, 5) is 7.10. The third-order valence-electron chi connectivity index (χ3n) is 2.74. The van der Waals surface area contributed by atoms with E-state index in [2.05, 4.69) is 41.9 Å². The van der Waals surface area contributed by atoms with Gasteiger partial charge in [0.2, 0.25) is 0 Å². The van der Waals surface area contributed by atoms with Crippen LogP contribution in [0.4, 0.5) is 0 Å². The molecule has 3 heteroatoms. The molecule has 3 aliphatic rings. The molecule has 0 N–H and O–H groups in total. The second-order valence-electron chi connectivity index (χ2n) is 3.91. The first kappa shape index (κ1) is 7.77. The molecular weight excluding hydrogens is 150 g/mol. The van der Waals surface area contributed by atoms with Crippen LogP contribution in [0.5, 0.6) is 0 Å². The van der Waals surface area contributed by atoms with E-state index in [0.29, 0.717) is 6.04 Å². The van der Waals surface area contributed by atoms with Gasteiger partial charge in [-0.2, -0.15) is 0 Å². The molecule has 0 aromatic rings. The highest BCUT2D eigenvalue weighted by Crippen LogP contribution is 2.23. The highest BCUT2D eigenvalue weighted by molar-refractivity contribution is 5.08. The molecule has 2 bridgehead atoms. The van der Waals surface area contributed by atoms with Crippen molar-refractivity contribution in [1.29, 1.82) is 0 Å². The zero-order valence-electron chi connectivity index (χ0n) is 8.12. The summed E-state index contributed by atoms with van der Waals surface area (Å²) in [6.45, 7) is 5.85. The van der Waals surface area contributed by atoms with E-state index in [1.807, 2.05) is 0 Å².